The number of aliphatic carboxylic acids is 1. The van der Waals surface area contributed by atoms with Gasteiger partial charge in [-0.2, -0.15) is 13.2 Å². The number of nitrogens with zero attached hydrogens (tertiary/aromatic N) is 1. The fourth-order valence-corrected chi connectivity index (χ4v) is 3.13. The van der Waals surface area contributed by atoms with Gasteiger partial charge in [0.1, 0.15) is 0 Å². The number of benzene rings is 1. The molecule has 1 aromatic carbocycles. The molecule has 4 nitrogen and oxygen atoms in total. The highest BCUT2D eigenvalue weighted by Gasteiger charge is 2.64. The quantitative estimate of drug-likeness (QED) is 0.861. The molecule has 0 aromatic heterocycles. The van der Waals surface area contributed by atoms with Crippen molar-refractivity contribution in [1.29, 1.82) is 0 Å². The lowest BCUT2D eigenvalue weighted by Crippen LogP contribution is -2.47. The largest absolute Gasteiger partial charge is 0.481 e. The number of halogens is 3. The third-order valence-corrected chi connectivity index (χ3v) is 4.68. The number of likely N-dealkylation sites (tertiary alicyclic amines) is 1. The van der Waals surface area contributed by atoms with Crippen molar-refractivity contribution in [3.05, 3.63) is 30.3 Å². The molecule has 22 heavy (non-hydrogen) atoms. The van der Waals surface area contributed by atoms with Crippen LogP contribution in [-0.2, 0) is 9.59 Å². The zero-order chi connectivity index (χ0) is 16.4. The summed E-state index contributed by atoms with van der Waals surface area (Å²) in [6.07, 6.45) is -5.48. The normalized spacial score (nSPS) is 21.9. The van der Waals surface area contributed by atoms with Gasteiger partial charge in [-0.15, -0.1) is 11.8 Å². The predicted molar refractivity (Wildman–Crippen MR) is 74.5 cm³/mol. The summed E-state index contributed by atoms with van der Waals surface area (Å²) >= 11 is 1.21. The van der Waals surface area contributed by atoms with E-state index in [2.05, 4.69) is 0 Å². The Morgan fingerprint density at radius 1 is 1.27 bits per heavy atom. The lowest BCUT2D eigenvalue weighted by Gasteiger charge is -2.27. The van der Waals surface area contributed by atoms with Crippen LogP contribution in [0.2, 0.25) is 0 Å². The van der Waals surface area contributed by atoms with E-state index >= 15 is 0 Å². The van der Waals surface area contributed by atoms with Crippen LogP contribution in [-0.4, -0.2) is 46.9 Å². The van der Waals surface area contributed by atoms with Crippen LogP contribution in [0.15, 0.2) is 35.2 Å². The maximum atomic E-state index is 13.0. The van der Waals surface area contributed by atoms with Crippen molar-refractivity contribution in [2.75, 3.05) is 18.8 Å². The number of alkyl halides is 3. The zero-order valence-corrected chi connectivity index (χ0v) is 12.3. The van der Waals surface area contributed by atoms with Crippen LogP contribution in [0.25, 0.3) is 0 Å². The average Bonchev–Trinajstić information content (AvgIpc) is 2.92. The first kappa shape index (κ1) is 16.7. The van der Waals surface area contributed by atoms with Gasteiger partial charge in [0.25, 0.3) is 0 Å². The van der Waals surface area contributed by atoms with Crippen LogP contribution < -0.4 is 0 Å². The Kier molecular flexibility index (Phi) is 4.69. The van der Waals surface area contributed by atoms with Gasteiger partial charge >= 0.3 is 12.1 Å². The molecule has 1 fully saturated rings. The van der Waals surface area contributed by atoms with Gasteiger partial charge in [-0.1, -0.05) is 18.2 Å². The van der Waals surface area contributed by atoms with E-state index in [1.165, 1.54) is 11.8 Å². The number of rotatable bonds is 4. The number of hydrogen-bond acceptors (Lipinski definition) is 3. The minimum absolute atomic E-state index is 0.0163. The molecule has 1 heterocycles. The second-order valence-electron chi connectivity index (χ2n) is 5.05. The van der Waals surface area contributed by atoms with Crippen molar-refractivity contribution in [3.63, 3.8) is 0 Å². The fraction of sp³-hybridized carbons (Fsp3) is 0.429. The van der Waals surface area contributed by atoms with E-state index < -0.39 is 36.4 Å². The van der Waals surface area contributed by atoms with Crippen molar-refractivity contribution in [2.45, 2.75) is 17.5 Å². The summed E-state index contributed by atoms with van der Waals surface area (Å²) in [5, 5.41) is 8.94. The first-order valence-electron chi connectivity index (χ1n) is 6.52. The van der Waals surface area contributed by atoms with E-state index in [4.69, 9.17) is 5.11 Å². The van der Waals surface area contributed by atoms with Crippen LogP contribution in [0.5, 0.6) is 0 Å². The smallest absolute Gasteiger partial charge is 0.406 e. The molecule has 0 spiro atoms. The minimum atomic E-state index is -4.87. The predicted octanol–water partition coefficient (Wildman–Crippen LogP) is 2.64. The van der Waals surface area contributed by atoms with Crippen LogP contribution in [0.1, 0.15) is 6.42 Å². The number of carboxylic acid groups (broad SMARTS) is 1. The third kappa shape index (κ3) is 3.21. The lowest BCUT2D eigenvalue weighted by molar-refractivity contribution is -0.227. The second kappa shape index (κ2) is 6.20. The molecule has 1 aliphatic rings. The van der Waals surface area contributed by atoms with Crippen molar-refractivity contribution >= 4 is 23.6 Å². The summed E-state index contributed by atoms with van der Waals surface area (Å²) in [5.41, 5.74) is -2.85. The molecule has 120 valence electrons. The monoisotopic (exact) mass is 333 g/mol. The number of amides is 1. The molecule has 0 radical (unpaired) electrons. The van der Waals surface area contributed by atoms with Gasteiger partial charge in [-0.25, -0.2) is 0 Å². The Labute approximate surface area is 129 Å². The molecule has 1 saturated heterocycles. The molecule has 1 N–H and O–H groups in total. The highest BCUT2D eigenvalue weighted by atomic mass is 32.2. The van der Waals surface area contributed by atoms with Crippen LogP contribution in [0.4, 0.5) is 13.2 Å². The number of hydrogen-bond donors (Lipinski definition) is 1. The fourth-order valence-electron chi connectivity index (χ4n) is 2.30. The molecule has 0 aliphatic carbocycles. The maximum Gasteiger partial charge on any atom is 0.406 e. The molecule has 1 amide bonds. The maximum absolute atomic E-state index is 13.0. The van der Waals surface area contributed by atoms with E-state index in [0.29, 0.717) is 0 Å². The summed E-state index contributed by atoms with van der Waals surface area (Å²) in [7, 11) is 0. The van der Waals surface area contributed by atoms with Crippen molar-refractivity contribution < 1.29 is 27.9 Å². The number of carbonyl (C=O) groups excluding carboxylic acids is 1. The highest BCUT2D eigenvalue weighted by Crippen LogP contribution is 2.45. The molecule has 1 atom stereocenters. The van der Waals surface area contributed by atoms with Crippen LogP contribution in [0, 0.1) is 5.41 Å². The van der Waals surface area contributed by atoms with Gasteiger partial charge in [0.05, 0.1) is 5.75 Å². The summed E-state index contributed by atoms with van der Waals surface area (Å²) in [5.74, 6) is -2.43. The molecule has 1 aliphatic heterocycles. The highest BCUT2D eigenvalue weighted by molar-refractivity contribution is 8.00. The molecule has 1 aromatic rings. The molecule has 2 rings (SSSR count). The molecule has 1 unspecified atom stereocenters. The number of carbonyl (C=O) groups is 2. The summed E-state index contributed by atoms with van der Waals surface area (Å²) in [4.78, 5) is 24.9. The Hall–Kier alpha value is -1.70. The van der Waals surface area contributed by atoms with Crippen LogP contribution in [0.3, 0.4) is 0 Å². The van der Waals surface area contributed by atoms with E-state index in [9.17, 15) is 22.8 Å². The van der Waals surface area contributed by atoms with Crippen molar-refractivity contribution in [3.8, 4) is 0 Å². The third-order valence-electron chi connectivity index (χ3n) is 3.68. The molecule has 0 saturated carbocycles. The van der Waals surface area contributed by atoms with Gasteiger partial charge in [0, 0.05) is 18.0 Å². The summed E-state index contributed by atoms with van der Waals surface area (Å²) in [6, 6.07) is 8.98. The topological polar surface area (TPSA) is 57.6 Å². The van der Waals surface area contributed by atoms with Crippen molar-refractivity contribution in [1.82, 2.24) is 4.90 Å². The number of thioether (sulfide) groups is 1. The Morgan fingerprint density at radius 3 is 2.41 bits per heavy atom. The zero-order valence-electron chi connectivity index (χ0n) is 11.5. The second-order valence-corrected chi connectivity index (χ2v) is 6.10. The van der Waals surface area contributed by atoms with E-state index in [1.54, 1.807) is 24.3 Å². The molecule has 0 bridgehead atoms. The molecule has 8 heteroatoms. The van der Waals surface area contributed by atoms with Crippen LogP contribution >= 0.6 is 11.8 Å². The summed E-state index contributed by atoms with van der Waals surface area (Å²) in [6.45, 7) is -1.01. The van der Waals surface area contributed by atoms with Gasteiger partial charge < -0.3 is 10.0 Å². The van der Waals surface area contributed by atoms with E-state index in [-0.39, 0.29) is 12.3 Å². The first-order chi connectivity index (χ1) is 10.3. The van der Waals surface area contributed by atoms with E-state index in [1.807, 2.05) is 6.07 Å². The lowest BCUT2D eigenvalue weighted by atomic mass is 9.86. The minimum Gasteiger partial charge on any atom is -0.481 e. The van der Waals surface area contributed by atoms with Gasteiger partial charge in [-0.3, -0.25) is 9.59 Å². The van der Waals surface area contributed by atoms with Crippen molar-refractivity contribution in [2.24, 2.45) is 5.41 Å². The summed E-state index contributed by atoms with van der Waals surface area (Å²) < 4.78 is 39.1. The molecular formula is C14H14F3NO3S. The molecular weight excluding hydrogens is 319 g/mol. The number of carboxylic acids is 1. The van der Waals surface area contributed by atoms with Gasteiger partial charge in [0.15, 0.2) is 5.41 Å². The first-order valence-corrected chi connectivity index (χ1v) is 7.50. The average molecular weight is 333 g/mol. The Bertz CT molecular complexity index is 564. The van der Waals surface area contributed by atoms with E-state index in [0.717, 1.165) is 9.80 Å². The standard InChI is InChI=1S/C14H14F3NO3S/c15-14(16,17)13(12(20)21)6-7-18(9-13)11(19)8-22-10-4-2-1-3-5-10/h1-5H,6-9H2,(H,20,21). The Morgan fingerprint density at radius 2 is 1.91 bits per heavy atom. The Balaban J connectivity index is 2.00. The van der Waals surface area contributed by atoms with Gasteiger partial charge in [0.2, 0.25) is 5.91 Å². The van der Waals surface area contributed by atoms with Gasteiger partial charge in [-0.05, 0) is 18.6 Å². The SMILES string of the molecule is O=C(CSc1ccccc1)N1CCC(C(=O)O)(C(F)(F)F)C1.